The number of hydrogen-bond acceptors (Lipinski definition) is 2. The van der Waals surface area contributed by atoms with Gasteiger partial charge in [-0.1, -0.05) is 31.2 Å². The maximum Gasteiger partial charge on any atom is 0.167 e. The van der Waals surface area contributed by atoms with Gasteiger partial charge in [-0.3, -0.25) is 9.78 Å². The number of aromatic nitrogens is 1. The molecule has 2 rings (SSSR count). The lowest BCUT2D eigenvalue weighted by Gasteiger charge is -2.05. The fourth-order valence-electron chi connectivity index (χ4n) is 2.18. The Hall–Kier alpha value is -1.96. The maximum atomic E-state index is 12.2. The number of benzene rings is 1. The van der Waals surface area contributed by atoms with E-state index in [1.807, 2.05) is 38.1 Å². The van der Waals surface area contributed by atoms with Gasteiger partial charge in [0.2, 0.25) is 0 Å². The van der Waals surface area contributed by atoms with Crippen molar-refractivity contribution in [1.29, 1.82) is 0 Å². The van der Waals surface area contributed by atoms with Gasteiger partial charge in [-0.25, -0.2) is 0 Å². The van der Waals surface area contributed by atoms with Crippen molar-refractivity contribution in [3.8, 4) is 0 Å². The topological polar surface area (TPSA) is 30.0 Å². The molecule has 2 nitrogen and oxygen atoms in total. The Balaban J connectivity index is 2.15. The first-order valence-electron chi connectivity index (χ1n) is 6.65. The van der Waals surface area contributed by atoms with Gasteiger partial charge in [-0.2, -0.15) is 0 Å². The summed E-state index contributed by atoms with van der Waals surface area (Å²) < 4.78 is 0. The van der Waals surface area contributed by atoms with Crippen LogP contribution in [-0.4, -0.2) is 10.8 Å². The van der Waals surface area contributed by atoms with Crippen LogP contribution in [0.1, 0.15) is 39.8 Å². The summed E-state index contributed by atoms with van der Waals surface area (Å²) in [7, 11) is 0. The number of aryl methyl sites for hydroxylation is 3. The van der Waals surface area contributed by atoms with Crippen LogP contribution in [0.25, 0.3) is 0 Å². The highest BCUT2D eigenvalue weighted by Crippen LogP contribution is 2.11. The second-order valence-corrected chi connectivity index (χ2v) is 4.91. The first-order chi connectivity index (χ1) is 9.08. The average Bonchev–Trinajstić information content (AvgIpc) is 2.38. The summed E-state index contributed by atoms with van der Waals surface area (Å²) in [6, 6.07) is 12.0. The Bertz CT molecular complexity index is 564. The molecule has 0 fully saturated rings. The van der Waals surface area contributed by atoms with Crippen LogP contribution in [-0.2, 0) is 12.8 Å². The third-order valence-electron chi connectivity index (χ3n) is 3.20. The SMILES string of the molecule is CCc1ccc(CC(=O)c2cc(C)nc(C)c2)cc1. The van der Waals surface area contributed by atoms with E-state index in [1.165, 1.54) is 5.56 Å². The number of pyridine rings is 1. The molecule has 0 unspecified atom stereocenters. The Morgan fingerprint density at radius 3 is 2.05 bits per heavy atom. The van der Waals surface area contributed by atoms with Crippen LogP contribution in [0.15, 0.2) is 36.4 Å². The molecule has 1 heterocycles. The fourth-order valence-corrected chi connectivity index (χ4v) is 2.18. The van der Waals surface area contributed by atoms with E-state index in [0.29, 0.717) is 6.42 Å². The van der Waals surface area contributed by atoms with Crippen LogP contribution in [0.5, 0.6) is 0 Å². The van der Waals surface area contributed by atoms with Crippen molar-refractivity contribution in [2.45, 2.75) is 33.6 Å². The molecule has 0 amide bonds. The van der Waals surface area contributed by atoms with Gasteiger partial charge in [0.25, 0.3) is 0 Å². The van der Waals surface area contributed by atoms with Crippen LogP contribution >= 0.6 is 0 Å². The smallest absolute Gasteiger partial charge is 0.167 e. The Morgan fingerprint density at radius 1 is 1.00 bits per heavy atom. The molecule has 0 N–H and O–H groups in total. The predicted molar refractivity (Wildman–Crippen MR) is 77.6 cm³/mol. The van der Waals surface area contributed by atoms with E-state index in [-0.39, 0.29) is 5.78 Å². The molecule has 19 heavy (non-hydrogen) atoms. The van der Waals surface area contributed by atoms with Crippen molar-refractivity contribution in [1.82, 2.24) is 4.98 Å². The normalized spacial score (nSPS) is 10.5. The number of carbonyl (C=O) groups excluding carboxylic acids is 1. The Kier molecular flexibility index (Phi) is 4.10. The number of carbonyl (C=O) groups is 1. The van der Waals surface area contributed by atoms with E-state index < -0.39 is 0 Å². The van der Waals surface area contributed by atoms with E-state index >= 15 is 0 Å². The zero-order chi connectivity index (χ0) is 13.8. The van der Waals surface area contributed by atoms with Gasteiger partial charge in [-0.05, 0) is 43.5 Å². The van der Waals surface area contributed by atoms with Crippen LogP contribution in [0, 0.1) is 13.8 Å². The molecule has 0 atom stereocenters. The van der Waals surface area contributed by atoms with E-state index in [0.717, 1.165) is 28.9 Å². The second-order valence-electron chi connectivity index (χ2n) is 4.91. The van der Waals surface area contributed by atoms with E-state index in [4.69, 9.17) is 0 Å². The van der Waals surface area contributed by atoms with Gasteiger partial charge in [0.15, 0.2) is 5.78 Å². The molecule has 2 aromatic rings. The van der Waals surface area contributed by atoms with E-state index in [2.05, 4.69) is 24.0 Å². The maximum absolute atomic E-state index is 12.2. The molecule has 1 aromatic heterocycles. The third kappa shape index (κ3) is 3.50. The summed E-state index contributed by atoms with van der Waals surface area (Å²) >= 11 is 0. The van der Waals surface area contributed by atoms with Gasteiger partial charge in [0.1, 0.15) is 0 Å². The first kappa shape index (κ1) is 13.5. The minimum atomic E-state index is 0.151. The fraction of sp³-hybridized carbons (Fsp3) is 0.294. The second kappa shape index (κ2) is 5.79. The highest BCUT2D eigenvalue weighted by atomic mass is 16.1. The lowest BCUT2D eigenvalue weighted by atomic mass is 10.0. The zero-order valence-corrected chi connectivity index (χ0v) is 11.7. The molecule has 0 saturated heterocycles. The molecule has 1 aromatic carbocycles. The predicted octanol–water partition coefficient (Wildman–Crippen LogP) is 3.69. The molecule has 0 saturated carbocycles. The van der Waals surface area contributed by atoms with Crippen molar-refractivity contribution in [3.05, 3.63) is 64.5 Å². The molecule has 0 bridgehead atoms. The Labute approximate surface area is 114 Å². The molecule has 0 aliphatic rings. The van der Waals surface area contributed by atoms with Crippen LogP contribution < -0.4 is 0 Å². The van der Waals surface area contributed by atoms with Crippen molar-refractivity contribution in [2.75, 3.05) is 0 Å². The lowest BCUT2D eigenvalue weighted by molar-refractivity contribution is 0.0992. The van der Waals surface area contributed by atoms with Gasteiger partial charge in [0, 0.05) is 23.4 Å². The number of ketones is 1. The monoisotopic (exact) mass is 253 g/mol. The largest absolute Gasteiger partial charge is 0.294 e. The van der Waals surface area contributed by atoms with Crippen molar-refractivity contribution in [3.63, 3.8) is 0 Å². The number of rotatable bonds is 4. The molecule has 98 valence electrons. The minimum Gasteiger partial charge on any atom is -0.294 e. The zero-order valence-electron chi connectivity index (χ0n) is 11.7. The highest BCUT2D eigenvalue weighted by molar-refractivity contribution is 5.97. The van der Waals surface area contributed by atoms with Crippen molar-refractivity contribution >= 4 is 5.78 Å². The molecular formula is C17H19NO. The molecule has 0 spiro atoms. The number of hydrogen-bond donors (Lipinski definition) is 0. The summed E-state index contributed by atoms with van der Waals surface area (Å²) in [4.78, 5) is 16.5. The van der Waals surface area contributed by atoms with Gasteiger partial charge in [0.05, 0.1) is 0 Å². The summed E-state index contributed by atoms with van der Waals surface area (Å²) in [6.45, 7) is 5.96. The molecule has 0 aliphatic heterocycles. The quantitative estimate of drug-likeness (QED) is 0.778. The van der Waals surface area contributed by atoms with E-state index in [9.17, 15) is 4.79 Å². The molecular weight excluding hydrogens is 234 g/mol. The van der Waals surface area contributed by atoms with Crippen molar-refractivity contribution < 1.29 is 4.79 Å². The first-order valence-corrected chi connectivity index (χ1v) is 6.65. The molecule has 0 aliphatic carbocycles. The van der Waals surface area contributed by atoms with Crippen LogP contribution in [0.2, 0.25) is 0 Å². The number of nitrogens with zero attached hydrogens (tertiary/aromatic N) is 1. The third-order valence-corrected chi connectivity index (χ3v) is 3.20. The summed E-state index contributed by atoms with van der Waals surface area (Å²) in [5, 5.41) is 0. The highest BCUT2D eigenvalue weighted by Gasteiger charge is 2.08. The Morgan fingerprint density at radius 2 is 1.53 bits per heavy atom. The van der Waals surface area contributed by atoms with Crippen molar-refractivity contribution in [2.24, 2.45) is 0 Å². The van der Waals surface area contributed by atoms with E-state index in [1.54, 1.807) is 0 Å². The minimum absolute atomic E-state index is 0.151. The van der Waals surface area contributed by atoms with Crippen LogP contribution in [0.4, 0.5) is 0 Å². The standard InChI is InChI=1S/C17H19NO/c1-4-14-5-7-15(8-6-14)11-17(19)16-9-12(2)18-13(3)10-16/h5-10H,4,11H2,1-3H3. The summed E-state index contributed by atoms with van der Waals surface area (Å²) in [5.74, 6) is 0.151. The van der Waals surface area contributed by atoms with Gasteiger partial charge in [-0.15, -0.1) is 0 Å². The number of Topliss-reactive ketones (excluding diaryl/α,β-unsaturated/α-hetero) is 1. The molecule has 0 radical (unpaired) electrons. The van der Waals surface area contributed by atoms with Gasteiger partial charge >= 0.3 is 0 Å². The van der Waals surface area contributed by atoms with Gasteiger partial charge < -0.3 is 0 Å². The molecule has 2 heteroatoms. The lowest BCUT2D eigenvalue weighted by Crippen LogP contribution is -2.05. The summed E-state index contributed by atoms with van der Waals surface area (Å²) in [6.07, 6.45) is 1.48. The average molecular weight is 253 g/mol. The van der Waals surface area contributed by atoms with Crippen LogP contribution in [0.3, 0.4) is 0 Å². The summed E-state index contributed by atoms with van der Waals surface area (Å²) in [5.41, 5.74) is 4.90.